The van der Waals surface area contributed by atoms with Crippen molar-refractivity contribution < 1.29 is 27.9 Å². The molecule has 1 heterocycles. The molecule has 1 aliphatic carbocycles. The highest BCUT2D eigenvalue weighted by Crippen LogP contribution is 2.65. The number of likely N-dealkylation sites (tertiary alicyclic amines) is 1. The molecule has 0 radical (unpaired) electrons. The lowest BCUT2D eigenvalue weighted by Gasteiger charge is -2.37. The van der Waals surface area contributed by atoms with Gasteiger partial charge in [0.25, 0.3) is 5.91 Å². The number of hydrogen-bond donors (Lipinski definition) is 1. The van der Waals surface area contributed by atoms with Gasteiger partial charge in [0.2, 0.25) is 5.91 Å². The molecule has 1 saturated heterocycles. The van der Waals surface area contributed by atoms with Crippen LogP contribution in [0.5, 0.6) is 0 Å². The van der Waals surface area contributed by atoms with Crippen LogP contribution in [0.4, 0.5) is 8.78 Å². The summed E-state index contributed by atoms with van der Waals surface area (Å²) in [5.74, 6) is -2.39. The monoisotopic (exact) mass is 360 g/mol. The summed E-state index contributed by atoms with van der Waals surface area (Å²) in [5.41, 5.74) is -0.857. The fourth-order valence-electron chi connectivity index (χ4n) is 3.92. The Balaban J connectivity index is 2.26. The van der Waals surface area contributed by atoms with Crippen LogP contribution in [0.2, 0.25) is 0 Å². The van der Waals surface area contributed by atoms with Crippen molar-refractivity contribution >= 4 is 17.8 Å². The van der Waals surface area contributed by atoms with Crippen molar-refractivity contribution in [1.82, 2.24) is 10.2 Å². The minimum absolute atomic E-state index is 0.0182. The van der Waals surface area contributed by atoms with Gasteiger partial charge in [-0.1, -0.05) is 34.6 Å². The van der Waals surface area contributed by atoms with E-state index in [0.29, 0.717) is 6.54 Å². The molecule has 0 aromatic rings. The van der Waals surface area contributed by atoms with Gasteiger partial charge in [-0.2, -0.15) is 8.78 Å². The number of rotatable bonds is 4. The number of amides is 2. The minimum atomic E-state index is -3.21. The Bertz CT molecular complexity index is 586. The summed E-state index contributed by atoms with van der Waals surface area (Å²) < 4.78 is 30.1. The molecule has 6 nitrogen and oxygen atoms in total. The highest BCUT2D eigenvalue weighted by atomic mass is 19.3. The smallest absolute Gasteiger partial charge is 0.328 e. The van der Waals surface area contributed by atoms with Gasteiger partial charge in [0, 0.05) is 12.5 Å². The van der Waals surface area contributed by atoms with Crippen LogP contribution in [0.15, 0.2) is 0 Å². The summed E-state index contributed by atoms with van der Waals surface area (Å²) >= 11 is 0. The quantitative estimate of drug-likeness (QED) is 0.770. The Hall–Kier alpha value is -1.73. The molecule has 0 aromatic carbocycles. The van der Waals surface area contributed by atoms with Crippen molar-refractivity contribution in [2.24, 2.45) is 22.7 Å². The Morgan fingerprint density at radius 1 is 1.24 bits per heavy atom. The van der Waals surface area contributed by atoms with Gasteiger partial charge >= 0.3 is 12.4 Å². The Morgan fingerprint density at radius 3 is 2.24 bits per heavy atom. The molecular weight excluding hydrogens is 334 g/mol. The van der Waals surface area contributed by atoms with Crippen LogP contribution in [-0.4, -0.2) is 54.8 Å². The van der Waals surface area contributed by atoms with Crippen molar-refractivity contribution in [3.63, 3.8) is 0 Å². The molecule has 4 atom stereocenters. The lowest BCUT2D eigenvalue weighted by molar-refractivity contribution is -0.155. The van der Waals surface area contributed by atoms with Crippen molar-refractivity contribution in [1.29, 1.82) is 0 Å². The van der Waals surface area contributed by atoms with E-state index in [4.69, 9.17) is 4.74 Å². The topological polar surface area (TPSA) is 75.7 Å². The zero-order valence-electron chi connectivity index (χ0n) is 15.4. The second kappa shape index (κ2) is 6.21. The Morgan fingerprint density at radius 2 is 1.80 bits per heavy atom. The second-order valence-corrected chi connectivity index (χ2v) is 8.52. The lowest BCUT2D eigenvalue weighted by Crippen LogP contribution is -2.58. The first kappa shape index (κ1) is 19.6. The number of esters is 1. The first-order chi connectivity index (χ1) is 11.3. The third-order valence-electron chi connectivity index (χ3n) is 5.53. The molecule has 142 valence electrons. The largest absolute Gasteiger partial charge is 0.467 e. The van der Waals surface area contributed by atoms with Gasteiger partial charge in [-0.3, -0.25) is 9.59 Å². The third kappa shape index (κ3) is 3.35. The normalized spacial score (nSPS) is 28.4. The first-order valence-corrected chi connectivity index (χ1v) is 8.30. The van der Waals surface area contributed by atoms with Crippen LogP contribution >= 0.6 is 0 Å². The van der Waals surface area contributed by atoms with Gasteiger partial charge in [-0.05, 0) is 16.7 Å². The average Bonchev–Trinajstić information content (AvgIpc) is 2.87. The molecular formula is C17H26F2N2O4. The van der Waals surface area contributed by atoms with E-state index in [2.05, 4.69) is 5.32 Å². The molecule has 0 spiro atoms. The van der Waals surface area contributed by atoms with E-state index >= 15 is 0 Å². The highest BCUT2D eigenvalue weighted by Gasteiger charge is 2.70. The summed E-state index contributed by atoms with van der Waals surface area (Å²) in [7, 11) is 1.26. The summed E-state index contributed by atoms with van der Waals surface area (Å²) in [5, 5.41) is 2.13. The van der Waals surface area contributed by atoms with Gasteiger partial charge in [0.05, 0.1) is 7.11 Å². The summed E-state index contributed by atoms with van der Waals surface area (Å²) in [4.78, 5) is 38.1. The predicted molar refractivity (Wildman–Crippen MR) is 85.7 cm³/mol. The van der Waals surface area contributed by atoms with Gasteiger partial charge < -0.3 is 15.0 Å². The molecule has 0 aromatic heterocycles. The van der Waals surface area contributed by atoms with Crippen LogP contribution in [0.3, 0.4) is 0 Å². The molecule has 2 amide bonds. The molecule has 2 rings (SSSR count). The Labute approximate surface area is 146 Å². The fourth-order valence-corrected chi connectivity index (χ4v) is 3.92. The first-order valence-electron chi connectivity index (χ1n) is 8.30. The molecule has 8 heteroatoms. The van der Waals surface area contributed by atoms with Crippen molar-refractivity contribution in [2.45, 2.75) is 53.1 Å². The molecule has 0 bridgehead atoms. The number of fused-ring (bicyclic) bond motifs is 1. The van der Waals surface area contributed by atoms with E-state index in [0.717, 1.165) is 0 Å². The van der Waals surface area contributed by atoms with Crippen molar-refractivity contribution in [2.75, 3.05) is 13.7 Å². The zero-order chi connectivity index (χ0) is 19.3. The number of nitrogens with zero attached hydrogens (tertiary/aromatic N) is 1. The van der Waals surface area contributed by atoms with Crippen LogP contribution in [0.1, 0.15) is 34.6 Å². The number of hydrogen-bond acceptors (Lipinski definition) is 4. The molecule has 2 fully saturated rings. The lowest BCUT2D eigenvalue weighted by atomic mass is 9.85. The standard InChI is InChI=1S/C17H26F2N2O4/c1-16(2,3)11(20-13(22)12(18)19)14(23)21-7-8-9(17(8,4)5)10(21)15(24)25-6/h8-12H,7H2,1-6H3,(H,20,22)/t8-,9-,10-,11+/m0/s1. The van der Waals surface area contributed by atoms with Gasteiger partial charge in [0.15, 0.2) is 0 Å². The molecule has 1 N–H and O–H groups in total. The van der Waals surface area contributed by atoms with Crippen LogP contribution in [0, 0.1) is 22.7 Å². The van der Waals surface area contributed by atoms with E-state index in [1.165, 1.54) is 12.0 Å². The van der Waals surface area contributed by atoms with Crippen LogP contribution < -0.4 is 5.32 Å². The number of alkyl halides is 2. The van der Waals surface area contributed by atoms with Crippen molar-refractivity contribution in [3.05, 3.63) is 0 Å². The maximum Gasteiger partial charge on any atom is 0.328 e. The number of carbonyl (C=O) groups is 3. The second-order valence-electron chi connectivity index (χ2n) is 8.52. The maximum atomic E-state index is 13.0. The van der Waals surface area contributed by atoms with E-state index < -0.39 is 41.7 Å². The van der Waals surface area contributed by atoms with E-state index in [9.17, 15) is 23.2 Å². The number of methoxy groups -OCH3 is 1. The zero-order valence-corrected chi connectivity index (χ0v) is 15.4. The number of ether oxygens (including phenoxy) is 1. The molecule has 2 aliphatic rings. The number of carbonyl (C=O) groups excluding carboxylic acids is 3. The average molecular weight is 360 g/mol. The van der Waals surface area contributed by atoms with Crippen LogP contribution in [-0.2, 0) is 19.1 Å². The highest BCUT2D eigenvalue weighted by molar-refractivity contribution is 5.93. The molecule has 25 heavy (non-hydrogen) atoms. The molecule has 1 aliphatic heterocycles. The summed E-state index contributed by atoms with van der Waals surface area (Å²) in [6.07, 6.45) is -3.21. The number of halogens is 2. The summed E-state index contributed by atoms with van der Waals surface area (Å²) in [6.45, 7) is 9.44. The van der Waals surface area contributed by atoms with E-state index in [-0.39, 0.29) is 17.3 Å². The van der Waals surface area contributed by atoms with Crippen molar-refractivity contribution in [3.8, 4) is 0 Å². The van der Waals surface area contributed by atoms with Gasteiger partial charge in [-0.25, -0.2) is 4.79 Å². The molecule has 0 unspecified atom stereocenters. The van der Waals surface area contributed by atoms with Gasteiger partial charge in [-0.15, -0.1) is 0 Å². The number of nitrogens with one attached hydrogen (secondary N) is 1. The SMILES string of the molecule is COC(=O)[C@@H]1[C@@H]2[C@H](CN1C(=O)[C@@H](NC(=O)C(F)F)C(C)(C)C)C2(C)C. The fraction of sp³-hybridized carbons (Fsp3) is 0.824. The minimum Gasteiger partial charge on any atom is -0.467 e. The van der Waals surface area contributed by atoms with E-state index in [1.807, 2.05) is 13.8 Å². The summed E-state index contributed by atoms with van der Waals surface area (Å²) in [6, 6.07) is -1.90. The third-order valence-corrected chi connectivity index (χ3v) is 5.53. The maximum absolute atomic E-state index is 13.0. The van der Waals surface area contributed by atoms with Gasteiger partial charge in [0.1, 0.15) is 12.1 Å². The van der Waals surface area contributed by atoms with Crippen LogP contribution in [0.25, 0.3) is 0 Å². The molecule has 1 saturated carbocycles. The Kier molecular flexibility index (Phi) is 4.87. The predicted octanol–water partition coefficient (Wildman–Crippen LogP) is 1.44. The van der Waals surface area contributed by atoms with E-state index in [1.54, 1.807) is 20.8 Å². The number of piperidine rings is 1.